The second-order valence-electron chi connectivity index (χ2n) is 7.84. The predicted octanol–water partition coefficient (Wildman–Crippen LogP) is 2.00. The summed E-state index contributed by atoms with van der Waals surface area (Å²) >= 11 is 0. The number of carbonyl (C=O) groups excluding carboxylic acids is 1. The van der Waals surface area contributed by atoms with Gasteiger partial charge in [0.1, 0.15) is 5.78 Å². The van der Waals surface area contributed by atoms with E-state index in [9.17, 15) is 4.79 Å². The van der Waals surface area contributed by atoms with Crippen LogP contribution >= 0.6 is 0 Å². The lowest BCUT2D eigenvalue weighted by Crippen LogP contribution is -2.41. The number of H-pyrrole nitrogens is 1. The van der Waals surface area contributed by atoms with Crippen molar-refractivity contribution in [3.05, 3.63) is 35.4 Å². The number of nitrogens with one attached hydrogen (secondary N) is 2. The van der Waals surface area contributed by atoms with Gasteiger partial charge in [-0.15, -0.1) is 5.10 Å². The largest absolute Gasteiger partial charge is 0.370 e. The van der Waals surface area contributed by atoms with Crippen molar-refractivity contribution < 1.29 is 4.79 Å². The molecule has 156 valence electrons. The number of pyridine rings is 1. The molecule has 0 radical (unpaired) electrons. The van der Waals surface area contributed by atoms with E-state index in [-0.39, 0.29) is 23.6 Å². The number of hydrogen-bond acceptors (Lipinski definition) is 6. The molecule has 0 saturated carbocycles. The van der Waals surface area contributed by atoms with Gasteiger partial charge < -0.3 is 10.6 Å². The van der Waals surface area contributed by atoms with Gasteiger partial charge in [0, 0.05) is 42.7 Å². The van der Waals surface area contributed by atoms with E-state index in [4.69, 9.17) is 16.1 Å². The van der Waals surface area contributed by atoms with Gasteiger partial charge in [-0.3, -0.25) is 15.2 Å². The van der Waals surface area contributed by atoms with Crippen LogP contribution < -0.4 is 5.73 Å². The highest BCUT2D eigenvalue weighted by atomic mass is 16.1. The summed E-state index contributed by atoms with van der Waals surface area (Å²) in [6, 6.07) is 4.18. The van der Waals surface area contributed by atoms with E-state index in [0.29, 0.717) is 18.2 Å². The van der Waals surface area contributed by atoms with Crippen molar-refractivity contribution in [2.24, 2.45) is 11.7 Å². The van der Waals surface area contributed by atoms with E-state index in [1.165, 1.54) is 0 Å². The van der Waals surface area contributed by atoms with Crippen LogP contribution in [0, 0.1) is 11.3 Å². The van der Waals surface area contributed by atoms with E-state index in [1.54, 1.807) is 6.92 Å². The molecule has 2 atom stereocenters. The number of carbonyl (C=O) groups is 1. The minimum atomic E-state index is -0.120. The molecule has 3 heterocycles. The van der Waals surface area contributed by atoms with Crippen molar-refractivity contribution in [2.45, 2.75) is 57.8 Å². The molecule has 9 nitrogen and oxygen atoms in total. The normalized spacial score (nSPS) is 17.1. The second-order valence-corrected chi connectivity index (χ2v) is 7.84. The molecule has 2 aromatic rings. The SMILES string of the molecule is CCC[C@H](C(C)=O)[C@H](Cc1ccc(C2CCN(C(=N)N)CC2)nc1)c1nnn[nH]1. The highest BCUT2D eigenvalue weighted by Gasteiger charge is 2.29. The summed E-state index contributed by atoms with van der Waals surface area (Å²) < 4.78 is 0. The molecule has 1 aliphatic heterocycles. The van der Waals surface area contributed by atoms with Crippen molar-refractivity contribution in [1.82, 2.24) is 30.5 Å². The molecule has 9 heteroatoms. The Kier molecular flexibility index (Phi) is 6.90. The number of nitrogens with two attached hydrogens (primary N) is 1. The molecule has 2 aromatic heterocycles. The minimum Gasteiger partial charge on any atom is -0.370 e. The van der Waals surface area contributed by atoms with E-state index in [1.807, 2.05) is 11.1 Å². The smallest absolute Gasteiger partial charge is 0.188 e. The second kappa shape index (κ2) is 9.58. The summed E-state index contributed by atoms with van der Waals surface area (Å²) in [6.07, 6.45) is 6.20. The van der Waals surface area contributed by atoms with Gasteiger partial charge in [0.05, 0.1) is 0 Å². The van der Waals surface area contributed by atoms with Gasteiger partial charge in [-0.25, -0.2) is 5.10 Å². The van der Waals surface area contributed by atoms with Crippen LogP contribution in [-0.4, -0.2) is 55.3 Å². The molecule has 0 aliphatic carbocycles. The summed E-state index contributed by atoms with van der Waals surface area (Å²) in [5.41, 5.74) is 7.72. The number of nitrogens with zero attached hydrogens (tertiary/aromatic N) is 5. The average Bonchev–Trinajstić information content (AvgIpc) is 3.25. The van der Waals surface area contributed by atoms with E-state index in [2.05, 4.69) is 39.7 Å². The fourth-order valence-corrected chi connectivity index (χ4v) is 4.22. The molecule has 1 aliphatic rings. The molecule has 0 spiro atoms. The van der Waals surface area contributed by atoms with Crippen molar-refractivity contribution in [3.8, 4) is 0 Å². The maximum absolute atomic E-state index is 12.3. The first-order valence-electron chi connectivity index (χ1n) is 10.3. The van der Waals surface area contributed by atoms with Crippen molar-refractivity contribution in [1.29, 1.82) is 5.41 Å². The molecule has 29 heavy (non-hydrogen) atoms. The van der Waals surface area contributed by atoms with E-state index >= 15 is 0 Å². The van der Waals surface area contributed by atoms with E-state index in [0.717, 1.165) is 50.0 Å². The van der Waals surface area contributed by atoms with Crippen molar-refractivity contribution >= 4 is 11.7 Å². The Morgan fingerprint density at radius 3 is 2.66 bits per heavy atom. The van der Waals surface area contributed by atoms with Crippen LogP contribution in [0.15, 0.2) is 18.3 Å². The third-order valence-electron chi connectivity index (χ3n) is 5.88. The standard InChI is InChI=1S/C20H30N8O/c1-3-4-16(13(2)29)17(19-24-26-27-25-19)11-14-5-6-18(23-12-14)15-7-9-28(10-8-15)20(21)22/h5-6,12,15-17H,3-4,7-11H2,1-2H3,(H3,21,22)(H,24,25,26,27)/t16-,17+/m1/s1. The summed E-state index contributed by atoms with van der Waals surface area (Å²) in [5.74, 6) is 1.14. The molecule has 4 N–H and O–H groups in total. The maximum atomic E-state index is 12.3. The van der Waals surface area contributed by atoms with Gasteiger partial charge in [-0.2, -0.15) is 0 Å². The molecule has 0 amide bonds. The fraction of sp³-hybridized carbons (Fsp3) is 0.600. The Balaban J connectivity index is 1.71. The van der Waals surface area contributed by atoms with Crippen molar-refractivity contribution in [3.63, 3.8) is 0 Å². The Morgan fingerprint density at radius 1 is 1.38 bits per heavy atom. The van der Waals surface area contributed by atoms with Gasteiger partial charge in [0.15, 0.2) is 11.8 Å². The maximum Gasteiger partial charge on any atom is 0.188 e. The van der Waals surface area contributed by atoms with Crippen LogP contribution in [-0.2, 0) is 11.2 Å². The highest BCUT2D eigenvalue weighted by molar-refractivity contribution is 5.79. The predicted molar refractivity (Wildman–Crippen MR) is 109 cm³/mol. The first-order valence-corrected chi connectivity index (χ1v) is 10.3. The molecule has 0 aromatic carbocycles. The lowest BCUT2D eigenvalue weighted by Gasteiger charge is -2.31. The summed E-state index contributed by atoms with van der Waals surface area (Å²) in [4.78, 5) is 18.9. The molecule has 1 saturated heterocycles. The number of tetrazole rings is 1. The van der Waals surface area contributed by atoms with Gasteiger partial charge in [0.2, 0.25) is 0 Å². The zero-order valence-electron chi connectivity index (χ0n) is 17.1. The number of ketones is 1. The lowest BCUT2D eigenvalue weighted by atomic mass is 9.81. The third-order valence-corrected chi connectivity index (χ3v) is 5.88. The number of piperidine rings is 1. The molecule has 0 unspecified atom stereocenters. The number of rotatable bonds is 8. The Labute approximate surface area is 171 Å². The number of guanidine groups is 1. The number of aromatic nitrogens is 5. The fourth-order valence-electron chi connectivity index (χ4n) is 4.22. The van der Waals surface area contributed by atoms with Crippen LogP contribution in [0.3, 0.4) is 0 Å². The Morgan fingerprint density at radius 2 is 2.14 bits per heavy atom. The van der Waals surface area contributed by atoms with Gasteiger partial charge >= 0.3 is 0 Å². The van der Waals surface area contributed by atoms with Gasteiger partial charge in [-0.05, 0) is 54.7 Å². The molecular formula is C20H30N8O. The van der Waals surface area contributed by atoms with Gasteiger partial charge in [-0.1, -0.05) is 19.4 Å². The summed E-state index contributed by atoms with van der Waals surface area (Å²) in [5, 5.41) is 21.9. The first kappa shape index (κ1) is 20.9. The van der Waals surface area contributed by atoms with E-state index < -0.39 is 0 Å². The summed E-state index contributed by atoms with van der Waals surface area (Å²) in [7, 11) is 0. The van der Waals surface area contributed by atoms with Crippen LogP contribution in [0.5, 0.6) is 0 Å². The molecular weight excluding hydrogens is 368 g/mol. The van der Waals surface area contributed by atoms with Crippen LogP contribution in [0.2, 0.25) is 0 Å². The Bertz CT molecular complexity index is 796. The number of likely N-dealkylation sites (tertiary alicyclic amines) is 1. The molecule has 3 rings (SSSR count). The monoisotopic (exact) mass is 398 g/mol. The Hall–Kier alpha value is -2.84. The van der Waals surface area contributed by atoms with Gasteiger partial charge in [0.25, 0.3) is 0 Å². The van der Waals surface area contributed by atoms with Crippen LogP contribution in [0.1, 0.15) is 68.4 Å². The topological polar surface area (TPSA) is 138 Å². The van der Waals surface area contributed by atoms with Crippen LogP contribution in [0.25, 0.3) is 0 Å². The minimum absolute atomic E-state index is 0.0890. The zero-order valence-corrected chi connectivity index (χ0v) is 17.1. The molecule has 1 fully saturated rings. The lowest BCUT2D eigenvalue weighted by molar-refractivity contribution is -0.121. The quantitative estimate of drug-likeness (QED) is 0.457. The highest BCUT2D eigenvalue weighted by Crippen LogP contribution is 2.31. The summed E-state index contributed by atoms with van der Waals surface area (Å²) in [6.45, 7) is 5.31. The number of aromatic amines is 1. The average molecular weight is 399 g/mol. The number of hydrogen-bond donors (Lipinski definition) is 3. The first-order chi connectivity index (χ1) is 14.0. The third kappa shape index (κ3) is 5.16. The zero-order chi connectivity index (χ0) is 20.8. The molecule has 0 bridgehead atoms. The van der Waals surface area contributed by atoms with Crippen molar-refractivity contribution in [2.75, 3.05) is 13.1 Å². The van der Waals surface area contributed by atoms with Crippen LogP contribution in [0.4, 0.5) is 0 Å². The number of Topliss-reactive ketones (excluding diaryl/α,β-unsaturated/α-hetero) is 1.